The first-order valence-corrected chi connectivity index (χ1v) is 7.67. The molecule has 2 aromatic heterocycles. The summed E-state index contributed by atoms with van der Waals surface area (Å²) >= 11 is 6.21. The Morgan fingerprint density at radius 3 is 2.61 bits per heavy atom. The van der Waals surface area contributed by atoms with Crippen LogP contribution < -0.4 is 4.72 Å². The van der Waals surface area contributed by atoms with Gasteiger partial charge in [-0.2, -0.15) is 8.42 Å². The molecule has 0 fully saturated rings. The van der Waals surface area contributed by atoms with Crippen LogP contribution in [0.2, 0.25) is 0 Å². The van der Waals surface area contributed by atoms with Crippen molar-refractivity contribution in [3.05, 3.63) is 27.5 Å². The Kier molecular flexibility index (Phi) is 3.69. The third kappa shape index (κ3) is 2.54. The molecule has 1 N–H and O–H groups in total. The maximum atomic E-state index is 12.2. The van der Waals surface area contributed by atoms with Crippen LogP contribution in [-0.2, 0) is 17.1 Å². The lowest BCUT2D eigenvalue weighted by molar-refractivity contribution is 0.578. The molecule has 0 radical (unpaired) electrons. The molecule has 0 aliphatic carbocycles. The molecule has 10 heteroatoms. The number of aromatic nitrogens is 4. The highest BCUT2D eigenvalue weighted by molar-refractivity contribution is 9.10. The van der Waals surface area contributed by atoms with Crippen LogP contribution in [0, 0.1) is 0 Å². The second kappa shape index (κ2) is 4.94. The van der Waals surface area contributed by atoms with E-state index >= 15 is 0 Å². The molecule has 0 atom stereocenters. The summed E-state index contributed by atoms with van der Waals surface area (Å²) in [5, 5.41) is 7.19. The minimum atomic E-state index is -3.78. The number of nitrogens with one attached hydrogen (secondary N) is 1. The Hall–Kier alpha value is -1.00. The molecular formula is C8H7Br2N5O2S. The van der Waals surface area contributed by atoms with Crippen molar-refractivity contribution in [3.8, 4) is 0 Å². The number of halogens is 2. The fourth-order valence-electron chi connectivity index (χ4n) is 1.26. The van der Waals surface area contributed by atoms with Crippen LogP contribution >= 0.6 is 31.9 Å². The van der Waals surface area contributed by atoms with Crippen LogP contribution in [0.3, 0.4) is 0 Å². The number of hydrogen-bond acceptors (Lipinski definition) is 5. The monoisotopic (exact) mass is 395 g/mol. The lowest BCUT2D eigenvalue weighted by Crippen LogP contribution is -2.17. The number of pyridine rings is 1. The summed E-state index contributed by atoms with van der Waals surface area (Å²) in [6.07, 6.45) is 1.55. The van der Waals surface area contributed by atoms with Gasteiger partial charge in [-0.25, -0.2) is 9.67 Å². The Morgan fingerprint density at radius 1 is 1.33 bits per heavy atom. The average Bonchev–Trinajstić information content (AvgIpc) is 2.62. The van der Waals surface area contributed by atoms with E-state index in [1.54, 1.807) is 18.3 Å². The molecule has 0 aromatic carbocycles. The molecule has 96 valence electrons. The first-order chi connectivity index (χ1) is 8.42. The van der Waals surface area contributed by atoms with Gasteiger partial charge in [0.05, 0.1) is 5.69 Å². The van der Waals surface area contributed by atoms with E-state index in [0.717, 1.165) is 4.68 Å². The lowest BCUT2D eigenvalue weighted by Gasteiger charge is -2.08. The Balaban J connectivity index is 2.43. The molecule has 2 aromatic rings. The fraction of sp³-hybridized carbons (Fsp3) is 0.125. The van der Waals surface area contributed by atoms with Gasteiger partial charge in [0, 0.05) is 13.2 Å². The topological polar surface area (TPSA) is 89.8 Å². The summed E-state index contributed by atoms with van der Waals surface area (Å²) in [6.45, 7) is 0. The van der Waals surface area contributed by atoms with E-state index in [-0.39, 0.29) is 9.63 Å². The van der Waals surface area contributed by atoms with Crippen molar-refractivity contribution >= 4 is 47.6 Å². The molecule has 0 amide bonds. The van der Waals surface area contributed by atoms with E-state index in [2.05, 4.69) is 51.9 Å². The predicted molar refractivity (Wildman–Crippen MR) is 71.4 cm³/mol. The minimum Gasteiger partial charge on any atom is -0.276 e. The van der Waals surface area contributed by atoms with E-state index in [1.807, 2.05) is 0 Å². The molecule has 0 spiro atoms. The van der Waals surface area contributed by atoms with Crippen LogP contribution in [0.1, 0.15) is 0 Å². The van der Waals surface area contributed by atoms with Gasteiger partial charge in [0.1, 0.15) is 4.60 Å². The molecule has 0 saturated heterocycles. The van der Waals surface area contributed by atoms with Crippen molar-refractivity contribution in [2.45, 2.75) is 5.03 Å². The number of nitrogens with zero attached hydrogens (tertiary/aromatic N) is 4. The zero-order valence-electron chi connectivity index (χ0n) is 9.00. The molecule has 0 unspecified atom stereocenters. The molecule has 2 heterocycles. The second-order valence-corrected chi connectivity index (χ2v) is 6.36. The summed E-state index contributed by atoms with van der Waals surface area (Å²) in [4.78, 5) is 3.93. The zero-order valence-corrected chi connectivity index (χ0v) is 13.0. The molecular weight excluding hydrogens is 390 g/mol. The van der Waals surface area contributed by atoms with Gasteiger partial charge in [0.15, 0.2) is 4.60 Å². The van der Waals surface area contributed by atoms with Crippen LogP contribution in [0.5, 0.6) is 0 Å². The van der Waals surface area contributed by atoms with E-state index < -0.39 is 10.0 Å². The first kappa shape index (κ1) is 13.4. The quantitative estimate of drug-likeness (QED) is 0.794. The first-order valence-electron chi connectivity index (χ1n) is 4.60. The Labute approximate surface area is 120 Å². The summed E-state index contributed by atoms with van der Waals surface area (Å²) in [5.74, 6) is 0. The van der Waals surface area contributed by atoms with Crippen LogP contribution in [-0.4, -0.2) is 28.4 Å². The van der Waals surface area contributed by atoms with Crippen molar-refractivity contribution < 1.29 is 8.42 Å². The number of rotatable bonds is 3. The highest BCUT2D eigenvalue weighted by Crippen LogP contribution is 2.24. The van der Waals surface area contributed by atoms with Gasteiger partial charge in [-0.15, -0.1) is 5.10 Å². The molecule has 0 aliphatic rings. The van der Waals surface area contributed by atoms with Crippen molar-refractivity contribution in [2.24, 2.45) is 7.05 Å². The van der Waals surface area contributed by atoms with Gasteiger partial charge >= 0.3 is 0 Å². The van der Waals surface area contributed by atoms with Crippen molar-refractivity contribution in [1.29, 1.82) is 0 Å². The number of sulfonamides is 1. The van der Waals surface area contributed by atoms with Crippen molar-refractivity contribution in [2.75, 3.05) is 4.72 Å². The standard InChI is InChI=1S/C8H7Br2N5O2S/c1-15-8(7(10)12-14-15)18(16,17)13-5-3-2-4-11-6(5)9/h2-4,13H,1H3. The maximum absolute atomic E-state index is 12.2. The molecule has 0 saturated carbocycles. The van der Waals surface area contributed by atoms with Crippen LogP contribution in [0.25, 0.3) is 0 Å². The molecule has 2 rings (SSSR count). The van der Waals surface area contributed by atoms with Gasteiger partial charge in [-0.05, 0) is 44.0 Å². The SMILES string of the molecule is Cn1nnc(Br)c1S(=O)(=O)Nc1cccnc1Br. The minimum absolute atomic E-state index is 0.0572. The molecule has 18 heavy (non-hydrogen) atoms. The molecule has 0 bridgehead atoms. The van der Waals surface area contributed by atoms with Gasteiger partial charge in [0.2, 0.25) is 5.03 Å². The average molecular weight is 397 g/mol. The van der Waals surface area contributed by atoms with Crippen LogP contribution in [0.4, 0.5) is 5.69 Å². The van der Waals surface area contributed by atoms with E-state index in [9.17, 15) is 8.42 Å². The Bertz CT molecular complexity index is 665. The van der Waals surface area contributed by atoms with E-state index in [0.29, 0.717) is 10.3 Å². The molecule has 7 nitrogen and oxygen atoms in total. The van der Waals surface area contributed by atoms with Crippen LogP contribution in [0.15, 0.2) is 32.6 Å². The smallest absolute Gasteiger partial charge is 0.276 e. The fourth-order valence-corrected chi connectivity index (χ4v) is 3.91. The highest BCUT2D eigenvalue weighted by Gasteiger charge is 2.24. The molecule has 0 aliphatic heterocycles. The number of aryl methyl sites for hydroxylation is 1. The Morgan fingerprint density at radius 2 is 2.06 bits per heavy atom. The number of anilines is 1. The van der Waals surface area contributed by atoms with E-state index in [1.165, 1.54) is 7.05 Å². The normalized spacial score (nSPS) is 11.5. The highest BCUT2D eigenvalue weighted by atomic mass is 79.9. The summed E-state index contributed by atoms with van der Waals surface area (Å²) in [7, 11) is -2.29. The van der Waals surface area contributed by atoms with Gasteiger partial charge < -0.3 is 0 Å². The third-order valence-electron chi connectivity index (χ3n) is 2.00. The summed E-state index contributed by atoms with van der Waals surface area (Å²) in [5.41, 5.74) is 0.339. The lowest BCUT2D eigenvalue weighted by atomic mass is 10.4. The van der Waals surface area contributed by atoms with E-state index in [4.69, 9.17) is 0 Å². The van der Waals surface area contributed by atoms with Gasteiger partial charge in [-0.3, -0.25) is 4.72 Å². The predicted octanol–water partition coefficient (Wildman–Crippen LogP) is 1.54. The summed E-state index contributed by atoms with van der Waals surface area (Å²) < 4.78 is 28.5. The van der Waals surface area contributed by atoms with Gasteiger partial charge in [-0.1, -0.05) is 5.21 Å². The van der Waals surface area contributed by atoms with Gasteiger partial charge in [0.25, 0.3) is 10.0 Å². The zero-order chi connectivity index (χ0) is 13.3. The summed E-state index contributed by atoms with van der Waals surface area (Å²) in [6, 6.07) is 3.21. The van der Waals surface area contributed by atoms with Crippen molar-refractivity contribution in [1.82, 2.24) is 20.0 Å². The maximum Gasteiger partial charge on any atom is 0.282 e. The van der Waals surface area contributed by atoms with Crippen molar-refractivity contribution in [3.63, 3.8) is 0 Å². The second-order valence-electron chi connectivity index (χ2n) is 3.26. The largest absolute Gasteiger partial charge is 0.282 e. The number of hydrogen-bond donors (Lipinski definition) is 1. The third-order valence-corrected chi connectivity index (χ3v) is 4.88.